The Bertz CT molecular complexity index is 518. The van der Waals surface area contributed by atoms with E-state index in [-0.39, 0.29) is 25.1 Å². The minimum Gasteiger partial charge on any atom is -0.481 e. The summed E-state index contributed by atoms with van der Waals surface area (Å²) in [6.45, 7) is 0.192. The quantitative estimate of drug-likeness (QED) is 0.878. The van der Waals surface area contributed by atoms with E-state index in [0.717, 1.165) is 12.1 Å². The van der Waals surface area contributed by atoms with Crippen LogP contribution in [0, 0.1) is 0 Å². The maximum atomic E-state index is 12.5. The number of rotatable bonds is 5. The fourth-order valence-corrected chi connectivity index (χ4v) is 1.56. The Balaban J connectivity index is 2.60. The molecule has 0 aliphatic carbocycles. The number of carboxylic acids is 1. The van der Waals surface area contributed by atoms with Crippen molar-refractivity contribution in [2.45, 2.75) is 19.0 Å². The molecular weight excluding hydrogens is 289 g/mol. The second-order valence-corrected chi connectivity index (χ2v) is 4.43. The van der Waals surface area contributed by atoms with Crippen molar-refractivity contribution in [3.8, 4) is 0 Å². The Hall–Kier alpha value is -2.25. The number of carbonyl (C=O) groups excluding carboxylic acids is 1. The highest BCUT2D eigenvalue weighted by Crippen LogP contribution is 2.30. The van der Waals surface area contributed by atoms with Gasteiger partial charge in [0.15, 0.2) is 0 Å². The molecule has 8 heteroatoms. The lowest BCUT2D eigenvalue weighted by Crippen LogP contribution is -2.32. The van der Waals surface area contributed by atoms with E-state index in [4.69, 9.17) is 5.11 Å². The number of amides is 2. The van der Waals surface area contributed by atoms with Gasteiger partial charge in [0.05, 0.1) is 5.56 Å². The molecule has 0 aliphatic heterocycles. The fourth-order valence-electron chi connectivity index (χ4n) is 1.56. The molecule has 116 valence electrons. The van der Waals surface area contributed by atoms with Crippen LogP contribution in [0.4, 0.5) is 23.7 Å². The van der Waals surface area contributed by atoms with E-state index in [9.17, 15) is 22.8 Å². The summed E-state index contributed by atoms with van der Waals surface area (Å²) in [4.78, 5) is 23.3. The molecule has 0 heterocycles. The number of hydrogen-bond donors (Lipinski definition) is 2. The molecule has 2 N–H and O–H groups in total. The summed E-state index contributed by atoms with van der Waals surface area (Å²) in [5, 5.41) is 10.8. The molecule has 1 rings (SSSR count). The number of anilines is 1. The summed E-state index contributed by atoms with van der Waals surface area (Å²) < 4.78 is 37.6. The van der Waals surface area contributed by atoms with Gasteiger partial charge in [-0.25, -0.2) is 4.79 Å². The van der Waals surface area contributed by atoms with Crippen LogP contribution in [0.5, 0.6) is 0 Å². The molecule has 0 saturated carbocycles. The molecule has 0 radical (unpaired) electrons. The molecule has 1 aromatic rings. The molecule has 1 aromatic carbocycles. The predicted molar refractivity (Wildman–Crippen MR) is 70.0 cm³/mol. The number of nitrogens with one attached hydrogen (secondary N) is 1. The molecule has 0 spiro atoms. The number of benzene rings is 1. The van der Waals surface area contributed by atoms with Crippen molar-refractivity contribution >= 4 is 17.7 Å². The largest absolute Gasteiger partial charge is 0.481 e. The van der Waals surface area contributed by atoms with Crippen LogP contribution in [-0.4, -0.2) is 35.6 Å². The van der Waals surface area contributed by atoms with Crippen molar-refractivity contribution in [2.24, 2.45) is 0 Å². The smallest absolute Gasteiger partial charge is 0.416 e. The molecule has 0 unspecified atom stereocenters. The molecule has 0 saturated heterocycles. The van der Waals surface area contributed by atoms with Gasteiger partial charge in [0.2, 0.25) is 0 Å². The van der Waals surface area contributed by atoms with Gasteiger partial charge in [-0.2, -0.15) is 13.2 Å². The standard InChI is InChI=1S/C13H15F3N2O3/c1-18(7-3-6-11(19)20)12(21)17-10-5-2-4-9(8-10)13(14,15)16/h2,4-5,8H,3,6-7H2,1H3,(H,17,21)(H,19,20). The second-order valence-electron chi connectivity index (χ2n) is 4.43. The molecule has 0 aliphatic rings. The van der Waals surface area contributed by atoms with Crippen LogP contribution in [0.1, 0.15) is 18.4 Å². The van der Waals surface area contributed by atoms with Gasteiger partial charge in [-0.1, -0.05) is 6.07 Å². The first kappa shape index (κ1) is 16.8. The molecular formula is C13H15F3N2O3. The van der Waals surface area contributed by atoms with Crippen LogP contribution in [-0.2, 0) is 11.0 Å². The Labute approximate surface area is 119 Å². The summed E-state index contributed by atoms with van der Waals surface area (Å²) in [7, 11) is 1.44. The monoisotopic (exact) mass is 304 g/mol. The van der Waals surface area contributed by atoms with E-state index < -0.39 is 23.7 Å². The highest BCUT2D eigenvalue weighted by molar-refractivity contribution is 5.89. The molecule has 0 fully saturated rings. The van der Waals surface area contributed by atoms with Gasteiger partial charge in [0, 0.05) is 25.7 Å². The zero-order valence-corrected chi connectivity index (χ0v) is 11.3. The van der Waals surface area contributed by atoms with Gasteiger partial charge in [-0.15, -0.1) is 0 Å². The first-order valence-corrected chi connectivity index (χ1v) is 6.11. The lowest BCUT2D eigenvalue weighted by atomic mass is 10.2. The average molecular weight is 304 g/mol. The Morgan fingerprint density at radius 1 is 1.33 bits per heavy atom. The van der Waals surface area contributed by atoms with E-state index in [1.165, 1.54) is 24.1 Å². The summed E-state index contributed by atoms with van der Waals surface area (Å²) in [5.41, 5.74) is -0.825. The number of nitrogens with zero attached hydrogens (tertiary/aromatic N) is 1. The van der Waals surface area contributed by atoms with Crippen LogP contribution in [0.15, 0.2) is 24.3 Å². The molecule has 2 amide bonds. The number of carboxylic acid groups (broad SMARTS) is 1. The molecule has 5 nitrogen and oxygen atoms in total. The van der Waals surface area contributed by atoms with Crippen molar-refractivity contribution < 1.29 is 27.9 Å². The summed E-state index contributed by atoms with van der Waals surface area (Å²) in [5.74, 6) is -0.971. The van der Waals surface area contributed by atoms with Gasteiger partial charge in [0.25, 0.3) is 0 Å². The van der Waals surface area contributed by atoms with Gasteiger partial charge in [0.1, 0.15) is 0 Å². The van der Waals surface area contributed by atoms with Crippen molar-refractivity contribution in [3.05, 3.63) is 29.8 Å². The molecule has 0 aromatic heterocycles. The van der Waals surface area contributed by atoms with Crippen molar-refractivity contribution in [1.29, 1.82) is 0 Å². The van der Waals surface area contributed by atoms with Gasteiger partial charge in [-0.3, -0.25) is 4.79 Å². The molecule has 0 atom stereocenters. The Morgan fingerprint density at radius 3 is 2.57 bits per heavy atom. The Morgan fingerprint density at radius 2 is 2.00 bits per heavy atom. The zero-order valence-electron chi connectivity index (χ0n) is 11.3. The van der Waals surface area contributed by atoms with Crippen molar-refractivity contribution in [3.63, 3.8) is 0 Å². The normalized spacial score (nSPS) is 11.0. The SMILES string of the molecule is CN(CCCC(=O)O)C(=O)Nc1cccc(C(F)(F)F)c1. The van der Waals surface area contributed by atoms with Gasteiger partial charge < -0.3 is 15.3 Å². The van der Waals surface area contributed by atoms with E-state index in [1.807, 2.05) is 0 Å². The minimum absolute atomic E-state index is 0.0277. The maximum Gasteiger partial charge on any atom is 0.416 e. The van der Waals surface area contributed by atoms with Crippen molar-refractivity contribution in [2.75, 3.05) is 18.9 Å². The summed E-state index contributed by atoms with van der Waals surface area (Å²) >= 11 is 0. The van der Waals surface area contributed by atoms with Crippen LogP contribution in [0.2, 0.25) is 0 Å². The number of urea groups is 1. The lowest BCUT2D eigenvalue weighted by molar-refractivity contribution is -0.138. The van der Waals surface area contributed by atoms with Crippen molar-refractivity contribution in [1.82, 2.24) is 4.90 Å². The van der Waals surface area contributed by atoms with Crippen LogP contribution < -0.4 is 5.32 Å². The number of carbonyl (C=O) groups is 2. The number of hydrogen-bond acceptors (Lipinski definition) is 2. The second kappa shape index (κ2) is 6.96. The highest BCUT2D eigenvalue weighted by atomic mass is 19.4. The third kappa shape index (κ3) is 5.72. The fraction of sp³-hybridized carbons (Fsp3) is 0.385. The molecule has 0 bridgehead atoms. The Kier molecular flexibility index (Phi) is 5.57. The zero-order chi connectivity index (χ0) is 16.0. The van der Waals surface area contributed by atoms with Crippen LogP contribution in [0.3, 0.4) is 0 Å². The van der Waals surface area contributed by atoms with Gasteiger partial charge >= 0.3 is 18.2 Å². The highest BCUT2D eigenvalue weighted by Gasteiger charge is 2.30. The van der Waals surface area contributed by atoms with E-state index in [1.54, 1.807) is 0 Å². The van der Waals surface area contributed by atoms with E-state index in [0.29, 0.717) is 0 Å². The van der Waals surface area contributed by atoms with Crippen LogP contribution in [0.25, 0.3) is 0 Å². The molecule has 21 heavy (non-hydrogen) atoms. The summed E-state index contributed by atoms with van der Waals surface area (Å²) in [6, 6.07) is 3.69. The van der Waals surface area contributed by atoms with E-state index in [2.05, 4.69) is 5.32 Å². The first-order valence-electron chi connectivity index (χ1n) is 6.11. The number of aliphatic carboxylic acids is 1. The maximum absolute atomic E-state index is 12.5. The predicted octanol–water partition coefficient (Wildman–Crippen LogP) is 3.03. The first-order chi connectivity index (χ1) is 9.70. The number of alkyl halides is 3. The minimum atomic E-state index is -4.48. The third-order valence-corrected chi connectivity index (χ3v) is 2.67. The average Bonchev–Trinajstić information content (AvgIpc) is 2.37. The summed E-state index contributed by atoms with van der Waals surface area (Å²) in [6.07, 6.45) is -4.29. The van der Waals surface area contributed by atoms with Gasteiger partial charge in [-0.05, 0) is 24.6 Å². The lowest BCUT2D eigenvalue weighted by Gasteiger charge is -2.18. The van der Waals surface area contributed by atoms with Crippen LogP contribution >= 0.6 is 0 Å². The topological polar surface area (TPSA) is 69.6 Å². The van der Waals surface area contributed by atoms with E-state index >= 15 is 0 Å². The third-order valence-electron chi connectivity index (χ3n) is 2.67. The number of halogens is 3.